The smallest absolute Gasteiger partial charge is 0.237 e. The van der Waals surface area contributed by atoms with Crippen molar-refractivity contribution in [3.63, 3.8) is 0 Å². The third-order valence-electron chi connectivity index (χ3n) is 7.75. The number of fused-ring (bicyclic) bond motifs is 1. The predicted molar refractivity (Wildman–Crippen MR) is 111 cm³/mol. The Balaban J connectivity index is 1.40. The molecule has 3 saturated heterocycles. The molecule has 3 heterocycles. The van der Waals surface area contributed by atoms with Crippen LogP contribution in [-0.4, -0.2) is 74.4 Å². The number of nitrogens with one attached hydrogen (secondary N) is 3. The van der Waals surface area contributed by atoms with E-state index < -0.39 is 0 Å². The van der Waals surface area contributed by atoms with Crippen LogP contribution in [-0.2, 0) is 9.53 Å². The fraction of sp³-hybridized carbons (Fsp3) is 0.955. The number of morpholine rings is 1. The van der Waals surface area contributed by atoms with E-state index in [9.17, 15) is 4.79 Å². The summed E-state index contributed by atoms with van der Waals surface area (Å²) >= 11 is 0. The highest BCUT2D eigenvalue weighted by atomic mass is 16.5. The molecule has 4 rings (SSSR count). The number of piperidine rings is 1. The van der Waals surface area contributed by atoms with Crippen molar-refractivity contribution in [1.29, 1.82) is 0 Å². The summed E-state index contributed by atoms with van der Waals surface area (Å²) in [5.41, 5.74) is 0. The van der Waals surface area contributed by atoms with E-state index in [0.717, 1.165) is 45.8 Å². The van der Waals surface area contributed by atoms with Gasteiger partial charge in [0.2, 0.25) is 5.91 Å². The first-order valence-electron chi connectivity index (χ1n) is 11.7. The largest absolute Gasteiger partial charge is 0.379 e. The molecule has 1 amide bonds. The zero-order chi connectivity index (χ0) is 19.5. The summed E-state index contributed by atoms with van der Waals surface area (Å²) in [6, 6.07) is 1.06. The van der Waals surface area contributed by atoms with E-state index in [-0.39, 0.29) is 18.0 Å². The fourth-order valence-corrected chi connectivity index (χ4v) is 6.08. The number of hydrogen-bond donors (Lipinski definition) is 3. The van der Waals surface area contributed by atoms with Gasteiger partial charge < -0.3 is 20.7 Å². The van der Waals surface area contributed by atoms with Crippen LogP contribution in [0.5, 0.6) is 0 Å². The number of ether oxygens (including phenoxy) is 1. The number of carbonyl (C=O) groups excluding carboxylic acids is 1. The van der Waals surface area contributed by atoms with Crippen LogP contribution in [0.25, 0.3) is 0 Å². The lowest BCUT2D eigenvalue weighted by Gasteiger charge is -2.40. The minimum absolute atomic E-state index is 0.0124. The molecule has 0 spiro atoms. The van der Waals surface area contributed by atoms with E-state index in [2.05, 4.69) is 34.7 Å². The lowest BCUT2D eigenvalue weighted by Crippen LogP contribution is -2.61. The number of carbonyl (C=O) groups is 1. The molecule has 0 bridgehead atoms. The topological polar surface area (TPSA) is 65.6 Å². The van der Waals surface area contributed by atoms with Gasteiger partial charge in [-0.3, -0.25) is 9.69 Å². The second kappa shape index (κ2) is 9.41. The lowest BCUT2D eigenvalue weighted by molar-refractivity contribution is -0.124. The third-order valence-corrected chi connectivity index (χ3v) is 7.75. The van der Waals surface area contributed by atoms with Gasteiger partial charge in [0, 0.05) is 31.7 Å². The van der Waals surface area contributed by atoms with Gasteiger partial charge in [0.25, 0.3) is 0 Å². The van der Waals surface area contributed by atoms with Crippen molar-refractivity contribution in [3.05, 3.63) is 0 Å². The van der Waals surface area contributed by atoms with Gasteiger partial charge in [-0.1, -0.05) is 20.3 Å². The SMILES string of the molecule is CC1CCCC2CC(C(=O)NC(CN3CCOCC3)C3NCCCC3C)NC12. The van der Waals surface area contributed by atoms with Gasteiger partial charge in [0.05, 0.1) is 25.3 Å². The molecule has 0 aromatic heterocycles. The van der Waals surface area contributed by atoms with Crippen LogP contribution < -0.4 is 16.0 Å². The molecule has 1 saturated carbocycles. The summed E-state index contributed by atoms with van der Waals surface area (Å²) < 4.78 is 5.52. The first-order valence-corrected chi connectivity index (χ1v) is 11.7. The van der Waals surface area contributed by atoms with Gasteiger partial charge in [-0.2, -0.15) is 0 Å². The number of rotatable bonds is 5. The van der Waals surface area contributed by atoms with Gasteiger partial charge in [0.1, 0.15) is 0 Å². The van der Waals surface area contributed by atoms with E-state index in [1.165, 1.54) is 32.1 Å². The van der Waals surface area contributed by atoms with Crippen LogP contribution >= 0.6 is 0 Å². The average Bonchev–Trinajstić information content (AvgIpc) is 3.15. The molecule has 6 heteroatoms. The second-order valence-corrected chi connectivity index (χ2v) is 9.78. The first kappa shape index (κ1) is 20.6. The predicted octanol–water partition coefficient (Wildman–Crippen LogP) is 1.36. The Labute approximate surface area is 170 Å². The Morgan fingerprint density at radius 3 is 2.68 bits per heavy atom. The molecule has 3 aliphatic heterocycles. The average molecular weight is 393 g/mol. The number of amides is 1. The fourth-order valence-electron chi connectivity index (χ4n) is 6.08. The molecule has 0 aromatic carbocycles. The van der Waals surface area contributed by atoms with Crippen LogP contribution in [0, 0.1) is 17.8 Å². The van der Waals surface area contributed by atoms with Crippen molar-refractivity contribution in [2.75, 3.05) is 39.4 Å². The highest BCUT2D eigenvalue weighted by Gasteiger charge is 2.42. The molecule has 4 aliphatic rings. The molecule has 0 radical (unpaired) electrons. The van der Waals surface area contributed by atoms with Crippen LogP contribution in [0.3, 0.4) is 0 Å². The minimum atomic E-state index is -0.0124. The van der Waals surface area contributed by atoms with Gasteiger partial charge in [-0.25, -0.2) is 0 Å². The third kappa shape index (κ3) is 4.72. The van der Waals surface area contributed by atoms with E-state index >= 15 is 0 Å². The zero-order valence-corrected chi connectivity index (χ0v) is 17.8. The van der Waals surface area contributed by atoms with Gasteiger partial charge in [-0.05, 0) is 56.4 Å². The summed E-state index contributed by atoms with van der Waals surface area (Å²) in [5.74, 6) is 2.20. The van der Waals surface area contributed by atoms with Crippen LogP contribution in [0.4, 0.5) is 0 Å². The Morgan fingerprint density at radius 2 is 1.93 bits per heavy atom. The molecular formula is C22H40N4O2. The highest BCUT2D eigenvalue weighted by Crippen LogP contribution is 2.36. The van der Waals surface area contributed by atoms with Gasteiger partial charge >= 0.3 is 0 Å². The molecule has 3 N–H and O–H groups in total. The Kier molecular flexibility index (Phi) is 6.92. The normalized spacial score (nSPS) is 40.6. The van der Waals surface area contributed by atoms with Crippen molar-refractivity contribution in [3.8, 4) is 0 Å². The molecule has 7 atom stereocenters. The van der Waals surface area contributed by atoms with Gasteiger partial charge in [-0.15, -0.1) is 0 Å². The Hall–Kier alpha value is -0.690. The maximum Gasteiger partial charge on any atom is 0.237 e. The molecule has 6 nitrogen and oxygen atoms in total. The van der Waals surface area contributed by atoms with Crippen molar-refractivity contribution < 1.29 is 9.53 Å². The molecule has 0 aromatic rings. The molecule has 7 unspecified atom stereocenters. The van der Waals surface area contributed by atoms with Crippen molar-refractivity contribution >= 4 is 5.91 Å². The zero-order valence-electron chi connectivity index (χ0n) is 17.8. The summed E-state index contributed by atoms with van der Waals surface area (Å²) in [6.07, 6.45) is 7.40. The molecule has 160 valence electrons. The molecule has 4 fully saturated rings. The summed E-state index contributed by atoms with van der Waals surface area (Å²) in [6.45, 7) is 10.2. The summed E-state index contributed by atoms with van der Waals surface area (Å²) in [4.78, 5) is 15.7. The van der Waals surface area contributed by atoms with Crippen molar-refractivity contribution in [1.82, 2.24) is 20.9 Å². The second-order valence-electron chi connectivity index (χ2n) is 9.78. The van der Waals surface area contributed by atoms with Crippen LogP contribution in [0.1, 0.15) is 52.4 Å². The van der Waals surface area contributed by atoms with Gasteiger partial charge in [0.15, 0.2) is 0 Å². The van der Waals surface area contributed by atoms with Crippen LogP contribution in [0.2, 0.25) is 0 Å². The maximum atomic E-state index is 13.3. The Morgan fingerprint density at radius 1 is 1.14 bits per heavy atom. The van der Waals surface area contributed by atoms with Crippen molar-refractivity contribution in [2.45, 2.75) is 76.5 Å². The molecule has 28 heavy (non-hydrogen) atoms. The van der Waals surface area contributed by atoms with E-state index in [0.29, 0.717) is 29.8 Å². The molecular weight excluding hydrogens is 352 g/mol. The monoisotopic (exact) mass is 392 g/mol. The highest BCUT2D eigenvalue weighted by molar-refractivity contribution is 5.82. The van der Waals surface area contributed by atoms with E-state index in [1.807, 2.05) is 0 Å². The van der Waals surface area contributed by atoms with E-state index in [4.69, 9.17) is 4.74 Å². The van der Waals surface area contributed by atoms with Crippen LogP contribution in [0.15, 0.2) is 0 Å². The summed E-state index contributed by atoms with van der Waals surface area (Å²) in [5, 5.41) is 10.9. The van der Waals surface area contributed by atoms with E-state index in [1.54, 1.807) is 0 Å². The number of hydrogen-bond acceptors (Lipinski definition) is 5. The van der Waals surface area contributed by atoms with Crippen molar-refractivity contribution in [2.24, 2.45) is 17.8 Å². The lowest BCUT2D eigenvalue weighted by atomic mass is 9.78. The maximum absolute atomic E-state index is 13.3. The number of nitrogens with zero attached hydrogens (tertiary/aromatic N) is 1. The molecule has 1 aliphatic carbocycles. The Bertz CT molecular complexity index is 525. The minimum Gasteiger partial charge on any atom is -0.379 e. The quantitative estimate of drug-likeness (QED) is 0.659. The standard InChI is InChI=1S/C22H40N4O2/c1-15-5-3-7-17-13-18(24-20(15)17)22(27)25-19(14-26-9-11-28-12-10-26)21-16(2)6-4-8-23-21/h15-21,23-24H,3-14H2,1-2H3,(H,25,27). The first-order chi connectivity index (χ1) is 13.6. The summed E-state index contributed by atoms with van der Waals surface area (Å²) in [7, 11) is 0.